The van der Waals surface area contributed by atoms with Crippen molar-refractivity contribution in [3.05, 3.63) is 153 Å². The zero-order valence-corrected chi connectivity index (χ0v) is 33.6. The highest BCUT2D eigenvalue weighted by Crippen LogP contribution is 2.29. The minimum Gasteiger partial charge on any atom is -0.489 e. The molecule has 0 atom stereocenters. The van der Waals surface area contributed by atoms with Crippen molar-refractivity contribution in [1.29, 1.82) is 0 Å². The van der Waals surface area contributed by atoms with Crippen molar-refractivity contribution in [1.82, 2.24) is 38.3 Å². The van der Waals surface area contributed by atoms with Crippen molar-refractivity contribution in [3.63, 3.8) is 0 Å². The quantitative estimate of drug-likeness (QED) is 0.0915. The highest BCUT2D eigenvalue weighted by Gasteiger charge is 2.15. The molecule has 16 heteroatoms. The van der Waals surface area contributed by atoms with Gasteiger partial charge in [0, 0.05) is 43.8 Å². The predicted molar refractivity (Wildman–Crippen MR) is 225 cm³/mol. The minimum atomic E-state index is 0.295. The molecule has 4 heterocycles. The Bertz CT molecular complexity index is 2270. The van der Waals surface area contributed by atoms with Crippen LogP contribution in [0, 0.1) is 0 Å². The standard InChI is InChI=1S/C42H30N8O4S4/c1-9-35(10-2-27(1)39-23-55-47-43-39)51-19-31-17-33(21-53-37-13-5-29(6-14-37)41-25-57-49-45-41)34(22-54-38-15-7-30(8-16-38)42-26-58-50-46-42)18-32(31)20-52-36-11-3-28(4-12-36)40-24-56-48-44-40/h1-18,23-26H,19-22H2. The zero-order valence-electron chi connectivity index (χ0n) is 30.4. The van der Waals surface area contributed by atoms with Crippen molar-refractivity contribution in [3.8, 4) is 68.0 Å². The van der Waals surface area contributed by atoms with Gasteiger partial charge in [0.05, 0.1) is 0 Å². The van der Waals surface area contributed by atoms with Crippen LogP contribution in [0.4, 0.5) is 0 Å². The second-order valence-corrected chi connectivity index (χ2v) is 15.2. The van der Waals surface area contributed by atoms with E-state index < -0.39 is 0 Å². The summed E-state index contributed by atoms with van der Waals surface area (Å²) in [5, 5.41) is 24.4. The van der Waals surface area contributed by atoms with Crippen LogP contribution in [0.5, 0.6) is 23.0 Å². The summed E-state index contributed by atoms with van der Waals surface area (Å²) in [7, 11) is 0. The fourth-order valence-corrected chi connectivity index (χ4v) is 7.88. The van der Waals surface area contributed by atoms with Gasteiger partial charge in [0.15, 0.2) is 0 Å². The Morgan fingerprint density at radius 3 is 0.724 bits per heavy atom. The SMILES string of the molecule is c1cc(-c2csnn2)ccc1OCc1cc(COc2ccc(-c3csnn3)cc2)c(COc2ccc(-c3csnn3)cc2)cc1COc1ccc(-c2csnn2)cc1. The van der Waals surface area contributed by atoms with E-state index in [1.165, 1.54) is 46.1 Å². The largest absolute Gasteiger partial charge is 0.489 e. The summed E-state index contributed by atoms with van der Waals surface area (Å²) in [6, 6.07) is 35.7. The lowest BCUT2D eigenvalue weighted by Gasteiger charge is -2.19. The molecular formula is C42H30N8O4S4. The van der Waals surface area contributed by atoms with E-state index in [-0.39, 0.29) is 0 Å². The maximum atomic E-state index is 6.40. The molecule has 58 heavy (non-hydrogen) atoms. The summed E-state index contributed by atoms with van der Waals surface area (Å²) in [5.74, 6) is 2.90. The van der Waals surface area contributed by atoms with E-state index in [0.29, 0.717) is 26.4 Å². The van der Waals surface area contributed by atoms with E-state index in [2.05, 4.69) is 50.5 Å². The van der Waals surface area contributed by atoms with E-state index in [1.807, 2.05) is 119 Å². The summed E-state index contributed by atoms with van der Waals surface area (Å²) in [4.78, 5) is 0. The van der Waals surface area contributed by atoms with Crippen molar-refractivity contribution in [2.24, 2.45) is 0 Å². The molecule has 9 aromatic rings. The van der Waals surface area contributed by atoms with Crippen molar-refractivity contribution in [2.75, 3.05) is 0 Å². The van der Waals surface area contributed by atoms with Crippen LogP contribution < -0.4 is 18.9 Å². The van der Waals surface area contributed by atoms with Gasteiger partial charge in [0.25, 0.3) is 0 Å². The summed E-state index contributed by atoms with van der Waals surface area (Å²) < 4.78 is 41.5. The maximum absolute atomic E-state index is 6.40. The molecule has 0 N–H and O–H groups in total. The van der Waals surface area contributed by atoms with Gasteiger partial charge in [0.1, 0.15) is 72.2 Å². The first-order chi connectivity index (χ1) is 28.7. The third-order valence-electron chi connectivity index (χ3n) is 9.14. The Labute approximate surface area is 349 Å². The molecule has 0 fully saturated rings. The molecule has 0 saturated carbocycles. The van der Waals surface area contributed by atoms with E-state index in [4.69, 9.17) is 18.9 Å². The molecule has 0 radical (unpaired) electrons. The first kappa shape index (κ1) is 37.1. The highest BCUT2D eigenvalue weighted by molar-refractivity contribution is 7.04. The molecule has 286 valence electrons. The average Bonchev–Trinajstić information content (AvgIpc) is 4.14. The molecule has 5 aromatic carbocycles. The predicted octanol–water partition coefficient (Wildman–Crippen LogP) is 10.1. The summed E-state index contributed by atoms with van der Waals surface area (Å²) >= 11 is 5.28. The second-order valence-electron chi connectivity index (χ2n) is 12.8. The Morgan fingerprint density at radius 2 is 0.534 bits per heavy atom. The number of nitrogens with zero attached hydrogens (tertiary/aromatic N) is 8. The number of ether oxygens (including phenoxy) is 4. The maximum Gasteiger partial charge on any atom is 0.119 e. The first-order valence-corrected chi connectivity index (χ1v) is 21.2. The summed E-state index contributed by atoms with van der Waals surface area (Å²) in [5.41, 5.74) is 11.0. The van der Waals surface area contributed by atoms with Gasteiger partial charge < -0.3 is 18.9 Å². The Kier molecular flexibility index (Phi) is 11.4. The highest BCUT2D eigenvalue weighted by atomic mass is 32.1. The van der Waals surface area contributed by atoms with Crippen LogP contribution in [-0.4, -0.2) is 38.3 Å². The van der Waals surface area contributed by atoms with Gasteiger partial charge in [-0.1, -0.05) is 18.0 Å². The second kappa shape index (κ2) is 17.8. The van der Waals surface area contributed by atoms with E-state index in [9.17, 15) is 0 Å². The molecule has 0 bridgehead atoms. The normalized spacial score (nSPS) is 11.0. The smallest absolute Gasteiger partial charge is 0.119 e. The Hall–Kier alpha value is -6.46. The molecule has 0 unspecified atom stereocenters. The molecule has 0 aliphatic carbocycles. The van der Waals surface area contributed by atoms with Crippen LogP contribution in [0.15, 0.2) is 131 Å². The van der Waals surface area contributed by atoms with Gasteiger partial charge in [-0.05, 0) is 178 Å². The van der Waals surface area contributed by atoms with Gasteiger partial charge in [-0.2, -0.15) is 0 Å². The zero-order chi connectivity index (χ0) is 38.9. The fraction of sp³-hybridized carbons (Fsp3) is 0.0952. The Morgan fingerprint density at radius 1 is 0.310 bits per heavy atom. The lowest BCUT2D eigenvalue weighted by Crippen LogP contribution is -2.10. The molecule has 0 aliphatic rings. The lowest BCUT2D eigenvalue weighted by atomic mass is 9.99. The summed E-state index contributed by atoms with van der Waals surface area (Å²) in [6.07, 6.45) is 0. The number of hydrogen-bond donors (Lipinski definition) is 0. The molecule has 4 aromatic heterocycles. The molecule has 9 rings (SSSR count). The van der Waals surface area contributed by atoms with Gasteiger partial charge in [-0.3, -0.25) is 0 Å². The number of hydrogen-bond acceptors (Lipinski definition) is 16. The van der Waals surface area contributed by atoms with Gasteiger partial charge in [0.2, 0.25) is 0 Å². The average molecular weight is 839 g/mol. The summed E-state index contributed by atoms with van der Waals surface area (Å²) in [6.45, 7) is 1.18. The number of aromatic nitrogens is 8. The van der Waals surface area contributed by atoms with Crippen LogP contribution >= 0.6 is 46.1 Å². The fourth-order valence-electron chi connectivity index (χ4n) is 6.02. The van der Waals surface area contributed by atoms with Crippen molar-refractivity contribution < 1.29 is 18.9 Å². The molecule has 0 amide bonds. The number of rotatable bonds is 16. The van der Waals surface area contributed by atoms with Crippen molar-refractivity contribution in [2.45, 2.75) is 26.4 Å². The van der Waals surface area contributed by atoms with E-state index in [0.717, 1.165) is 90.3 Å². The van der Waals surface area contributed by atoms with E-state index in [1.54, 1.807) is 0 Å². The monoisotopic (exact) mass is 838 g/mol. The van der Waals surface area contributed by atoms with Gasteiger partial charge in [-0.25, -0.2) is 0 Å². The van der Waals surface area contributed by atoms with Crippen molar-refractivity contribution >= 4 is 46.1 Å². The topological polar surface area (TPSA) is 140 Å². The van der Waals surface area contributed by atoms with Crippen LogP contribution in [0.2, 0.25) is 0 Å². The van der Waals surface area contributed by atoms with Crippen LogP contribution in [-0.2, 0) is 26.4 Å². The molecule has 0 spiro atoms. The first-order valence-electron chi connectivity index (χ1n) is 17.8. The van der Waals surface area contributed by atoms with Gasteiger partial charge >= 0.3 is 0 Å². The van der Waals surface area contributed by atoms with Crippen LogP contribution in [0.1, 0.15) is 22.3 Å². The minimum absolute atomic E-state index is 0.295. The third-order valence-corrected chi connectivity index (χ3v) is 11.2. The Balaban J connectivity index is 0.995. The molecule has 12 nitrogen and oxygen atoms in total. The van der Waals surface area contributed by atoms with Crippen LogP contribution in [0.25, 0.3) is 45.0 Å². The molecule has 0 aliphatic heterocycles. The molecular weight excluding hydrogens is 809 g/mol. The van der Waals surface area contributed by atoms with Gasteiger partial charge in [-0.15, -0.1) is 20.4 Å². The lowest BCUT2D eigenvalue weighted by molar-refractivity contribution is 0.276. The third kappa shape index (κ3) is 9.05. The number of benzene rings is 5. The van der Waals surface area contributed by atoms with E-state index >= 15 is 0 Å². The molecule has 0 saturated heterocycles. The van der Waals surface area contributed by atoms with Crippen LogP contribution in [0.3, 0.4) is 0 Å².